The van der Waals surface area contributed by atoms with Crippen molar-refractivity contribution in [1.82, 2.24) is 0 Å². The van der Waals surface area contributed by atoms with E-state index in [1.807, 2.05) is 6.08 Å². The molecule has 0 unspecified atom stereocenters. The lowest BCUT2D eigenvalue weighted by molar-refractivity contribution is -0.384. The number of rotatable bonds is 3. The van der Waals surface area contributed by atoms with Crippen molar-refractivity contribution in [2.75, 3.05) is 0 Å². The van der Waals surface area contributed by atoms with Gasteiger partial charge in [0.2, 0.25) is 0 Å². The van der Waals surface area contributed by atoms with Crippen molar-refractivity contribution in [3.05, 3.63) is 51.8 Å². The quantitative estimate of drug-likeness (QED) is 0.483. The Morgan fingerprint density at radius 2 is 2.19 bits per heavy atom. The van der Waals surface area contributed by atoms with Gasteiger partial charge in [-0.3, -0.25) is 10.1 Å². The van der Waals surface area contributed by atoms with E-state index >= 15 is 0 Å². The van der Waals surface area contributed by atoms with Crippen LogP contribution >= 0.6 is 0 Å². The van der Waals surface area contributed by atoms with Crippen LogP contribution in [0.5, 0.6) is 0 Å². The molecule has 4 rings (SSSR count). The van der Waals surface area contributed by atoms with Crippen LogP contribution in [0.25, 0.3) is 0 Å². The van der Waals surface area contributed by atoms with Gasteiger partial charge in [-0.2, -0.15) is 0 Å². The van der Waals surface area contributed by atoms with E-state index in [9.17, 15) is 14.9 Å². The van der Waals surface area contributed by atoms with Crippen LogP contribution in [0.15, 0.2) is 36.1 Å². The molecule has 0 saturated heterocycles. The van der Waals surface area contributed by atoms with Crippen LogP contribution in [-0.4, -0.2) is 10.9 Å². The van der Waals surface area contributed by atoms with Crippen molar-refractivity contribution in [2.24, 2.45) is 17.3 Å². The molecule has 3 aliphatic rings. The lowest BCUT2D eigenvalue weighted by atomic mass is 9.50. The zero-order valence-corrected chi connectivity index (χ0v) is 12.0. The molecule has 21 heavy (non-hydrogen) atoms. The van der Waals surface area contributed by atoms with E-state index in [0.717, 1.165) is 18.6 Å². The molecular weight excluding hydrogens is 270 g/mol. The number of fused-ring (bicyclic) bond motifs is 1. The first-order valence-electron chi connectivity index (χ1n) is 7.06. The van der Waals surface area contributed by atoms with Crippen molar-refractivity contribution >= 4 is 11.7 Å². The fourth-order valence-electron chi connectivity index (χ4n) is 3.32. The van der Waals surface area contributed by atoms with Gasteiger partial charge in [0, 0.05) is 18.1 Å². The molecule has 0 spiro atoms. The predicted octanol–water partition coefficient (Wildman–Crippen LogP) is 3.70. The summed E-state index contributed by atoms with van der Waals surface area (Å²) in [5, 5.41) is 10.8. The van der Waals surface area contributed by atoms with Gasteiger partial charge in [-0.15, -0.1) is 0 Å². The third kappa shape index (κ3) is 2.22. The summed E-state index contributed by atoms with van der Waals surface area (Å²) in [5.41, 5.74) is 0.281. The predicted molar refractivity (Wildman–Crippen MR) is 76.6 cm³/mol. The van der Waals surface area contributed by atoms with Crippen LogP contribution in [0.2, 0.25) is 0 Å². The van der Waals surface area contributed by atoms with E-state index in [0.29, 0.717) is 5.92 Å². The number of nitrogens with zero attached hydrogens (tertiary/aromatic N) is 1. The summed E-state index contributed by atoms with van der Waals surface area (Å²) < 4.78 is 5.50. The highest BCUT2D eigenvalue weighted by atomic mass is 16.6. The molecule has 1 fully saturated rings. The zero-order chi connectivity index (χ0) is 15.2. The number of allylic oxidation sites excluding steroid dienone is 2. The molecular formula is C16H17NO4. The summed E-state index contributed by atoms with van der Waals surface area (Å²) in [6, 6.07) is 5.64. The van der Waals surface area contributed by atoms with Gasteiger partial charge in [0.1, 0.15) is 5.76 Å². The van der Waals surface area contributed by atoms with Gasteiger partial charge in [-0.1, -0.05) is 19.9 Å². The number of esters is 1. The highest BCUT2D eigenvalue weighted by molar-refractivity contribution is 5.90. The van der Waals surface area contributed by atoms with Gasteiger partial charge < -0.3 is 4.74 Å². The molecule has 5 heteroatoms. The van der Waals surface area contributed by atoms with Crippen molar-refractivity contribution in [1.29, 1.82) is 0 Å². The average molecular weight is 287 g/mol. The normalized spacial score (nSPS) is 25.5. The minimum absolute atomic E-state index is 0.105. The molecule has 2 atom stereocenters. The molecule has 1 aromatic carbocycles. The Morgan fingerprint density at radius 1 is 1.43 bits per heavy atom. The van der Waals surface area contributed by atoms with Crippen LogP contribution in [0.1, 0.15) is 37.0 Å². The van der Waals surface area contributed by atoms with E-state index in [1.54, 1.807) is 0 Å². The fourth-order valence-corrected chi connectivity index (χ4v) is 3.32. The van der Waals surface area contributed by atoms with Crippen LogP contribution < -0.4 is 0 Å². The average Bonchev–Trinajstić information content (AvgIpc) is 2.47. The van der Waals surface area contributed by atoms with E-state index in [-0.39, 0.29) is 22.6 Å². The monoisotopic (exact) mass is 287 g/mol. The summed E-state index contributed by atoms with van der Waals surface area (Å²) >= 11 is 0. The number of nitro groups is 1. The third-order valence-corrected chi connectivity index (χ3v) is 4.92. The molecule has 2 bridgehead atoms. The van der Waals surface area contributed by atoms with Crippen molar-refractivity contribution in [3.63, 3.8) is 0 Å². The molecule has 0 N–H and O–H groups in total. The largest absolute Gasteiger partial charge is 0.427 e. The highest BCUT2D eigenvalue weighted by Gasteiger charge is 2.52. The van der Waals surface area contributed by atoms with Gasteiger partial charge >= 0.3 is 5.97 Å². The summed E-state index contributed by atoms with van der Waals surface area (Å²) in [6.45, 7) is 4.39. The number of benzene rings is 1. The summed E-state index contributed by atoms with van der Waals surface area (Å²) in [4.78, 5) is 22.4. The Bertz CT molecular complexity index is 647. The second-order valence-electron chi connectivity index (χ2n) is 6.35. The second kappa shape index (κ2) is 4.69. The Kier molecular flexibility index (Phi) is 3.08. The standard InChI is InChI=1S/C16H17NO4/c1-16(2)11-6-7-14(13(16)9-11)21-15(18)10-4-3-5-12(8-10)17(19)20/h3-5,7-8,11,13H,6,9H2,1-2H3/t11-,13-/m0/s1. The molecule has 1 aromatic rings. The van der Waals surface area contributed by atoms with Crippen LogP contribution in [0, 0.1) is 27.4 Å². The molecule has 0 radical (unpaired) electrons. The third-order valence-electron chi connectivity index (χ3n) is 4.92. The van der Waals surface area contributed by atoms with Gasteiger partial charge in [-0.25, -0.2) is 4.79 Å². The molecule has 5 nitrogen and oxygen atoms in total. The summed E-state index contributed by atoms with van der Waals surface area (Å²) in [7, 11) is 0. The van der Waals surface area contributed by atoms with E-state index in [4.69, 9.17) is 4.74 Å². The van der Waals surface area contributed by atoms with Crippen molar-refractivity contribution in [3.8, 4) is 0 Å². The van der Waals surface area contributed by atoms with Crippen LogP contribution in [0.3, 0.4) is 0 Å². The maximum Gasteiger partial charge on any atom is 0.343 e. The maximum atomic E-state index is 12.2. The second-order valence-corrected chi connectivity index (χ2v) is 6.35. The van der Waals surface area contributed by atoms with E-state index < -0.39 is 10.9 Å². The zero-order valence-electron chi connectivity index (χ0n) is 12.0. The number of carbonyl (C=O) groups is 1. The van der Waals surface area contributed by atoms with Gasteiger partial charge in [0.25, 0.3) is 5.69 Å². The first-order chi connectivity index (χ1) is 9.89. The molecule has 0 heterocycles. The Hall–Kier alpha value is -2.17. The minimum Gasteiger partial charge on any atom is -0.427 e. The lowest BCUT2D eigenvalue weighted by Gasteiger charge is -2.55. The smallest absolute Gasteiger partial charge is 0.343 e. The molecule has 3 aliphatic carbocycles. The SMILES string of the molecule is CC1(C)[C@H]2CC=C(OC(=O)c3cccc([N+](=O)[O-])c3)[C@@H]1C2. The van der Waals surface area contributed by atoms with Gasteiger partial charge in [0.05, 0.1) is 10.5 Å². The number of hydrogen-bond acceptors (Lipinski definition) is 4. The molecule has 0 amide bonds. The lowest BCUT2D eigenvalue weighted by Crippen LogP contribution is -2.48. The van der Waals surface area contributed by atoms with Crippen molar-refractivity contribution in [2.45, 2.75) is 26.7 Å². The summed E-state index contributed by atoms with van der Waals surface area (Å²) in [5.74, 6) is 1.15. The Labute approximate surface area is 122 Å². The van der Waals surface area contributed by atoms with Crippen molar-refractivity contribution < 1.29 is 14.5 Å². The number of non-ortho nitro benzene ring substituents is 1. The van der Waals surface area contributed by atoms with Crippen LogP contribution in [0.4, 0.5) is 5.69 Å². The Balaban J connectivity index is 1.77. The maximum absolute atomic E-state index is 12.2. The van der Waals surface area contributed by atoms with Crippen LogP contribution in [-0.2, 0) is 4.74 Å². The van der Waals surface area contributed by atoms with E-state index in [1.165, 1.54) is 24.3 Å². The molecule has 1 saturated carbocycles. The first-order valence-corrected chi connectivity index (χ1v) is 7.06. The van der Waals surface area contributed by atoms with E-state index in [2.05, 4.69) is 13.8 Å². The Morgan fingerprint density at radius 3 is 2.81 bits per heavy atom. The number of carbonyl (C=O) groups excluding carboxylic acids is 1. The van der Waals surface area contributed by atoms with Gasteiger partial charge in [-0.05, 0) is 36.3 Å². The highest BCUT2D eigenvalue weighted by Crippen LogP contribution is 2.59. The number of ether oxygens (including phenoxy) is 1. The topological polar surface area (TPSA) is 69.4 Å². The first kappa shape index (κ1) is 13.8. The molecule has 0 aliphatic heterocycles. The summed E-state index contributed by atoms with van der Waals surface area (Å²) in [6.07, 6.45) is 3.97. The molecule has 110 valence electrons. The fraction of sp³-hybridized carbons (Fsp3) is 0.438. The minimum atomic E-state index is -0.522. The number of nitro benzene ring substituents is 1. The molecule has 0 aromatic heterocycles. The number of hydrogen-bond donors (Lipinski definition) is 0. The van der Waals surface area contributed by atoms with Gasteiger partial charge in [0.15, 0.2) is 0 Å².